The molecule has 0 radical (unpaired) electrons. The Morgan fingerprint density at radius 2 is 1.73 bits per heavy atom. The molecule has 0 bridgehead atoms. The maximum Gasteiger partial charge on any atom is 0.407 e. The normalized spacial score (nSPS) is 13.9. The second-order valence-electron chi connectivity index (χ2n) is 6.33. The third-order valence-corrected chi connectivity index (χ3v) is 2.92. The molecular weight excluding hydrogens is 282 g/mol. The van der Waals surface area contributed by atoms with Gasteiger partial charge in [-0.05, 0) is 46.8 Å². The van der Waals surface area contributed by atoms with E-state index < -0.39 is 29.7 Å². The first-order chi connectivity index (χ1) is 10.1. The molecule has 2 unspecified atom stereocenters. The van der Waals surface area contributed by atoms with Gasteiger partial charge in [-0.1, -0.05) is 17.7 Å². The molecule has 22 heavy (non-hydrogen) atoms. The molecular formula is C16H25N3O3. The highest BCUT2D eigenvalue weighted by molar-refractivity contribution is 5.84. The van der Waals surface area contributed by atoms with Crippen LogP contribution in [0, 0.1) is 6.92 Å². The largest absolute Gasteiger partial charge is 0.444 e. The minimum atomic E-state index is -0.741. The Morgan fingerprint density at radius 1 is 1.18 bits per heavy atom. The van der Waals surface area contributed by atoms with E-state index in [1.807, 2.05) is 31.2 Å². The van der Waals surface area contributed by atoms with Crippen LogP contribution in [0.2, 0.25) is 0 Å². The maximum atomic E-state index is 11.8. The van der Waals surface area contributed by atoms with Crippen LogP contribution >= 0.6 is 0 Å². The number of carbonyl (C=O) groups excluding carboxylic acids is 2. The molecule has 1 rings (SSSR count). The predicted molar refractivity (Wildman–Crippen MR) is 86.6 cm³/mol. The minimum Gasteiger partial charge on any atom is -0.444 e. The summed E-state index contributed by atoms with van der Waals surface area (Å²) in [7, 11) is 0. The van der Waals surface area contributed by atoms with E-state index >= 15 is 0 Å². The second-order valence-corrected chi connectivity index (χ2v) is 6.33. The van der Waals surface area contributed by atoms with Crippen molar-refractivity contribution < 1.29 is 14.3 Å². The molecule has 0 saturated heterocycles. The van der Waals surface area contributed by atoms with Crippen molar-refractivity contribution in [1.82, 2.24) is 5.32 Å². The van der Waals surface area contributed by atoms with Gasteiger partial charge in [0.25, 0.3) is 0 Å². The van der Waals surface area contributed by atoms with Gasteiger partial charge in [-0.15, -0.1) is 0 Å². The van der Waals surface area contributed by atoms with Crippen LogP contribution in [-0.2, 0) is 9.53 Å². The number of alkyl carbamates (subject to hydrolysis) is 1. The second kappa shape index (κ2) is 7.15. The van der Waals surface area contributed by atoms with Crippen LogP contribution in [0.1, 0.15) is 33.3 Å². The Labute approximate surface area is 131 Å². The van der Waals surface area contributed by atoms with Gasteiger partial charge in [-0.25, -0.2) is 4.79 Å². The zero-order valence-corrected chi connectivity index (χ0v) is 13.8. The van der Waals surface area contributed by atoms with Crippen LogP contribution in [0.4, 0.5) is 10.5 Å². The quantitative estimate of drug-likeness (QED) is 0.777. The topological polar surface area (TPSA) is 93.5 Å². The lowest BCUT2D eigenvalue weighted by Crippen LogP contribution is -2.52. The van der Waals surface area contributed by atoms with E-state index in [0.29, 0.717) is 0 Å². The lowest BCUT2D eigenvalue weighted by atomic mass is 10.1. The zero-order valence-electron chi connectivity index (χ0n) is 13.8. The molecule has 6 nitrogen and oxygen atoms in total. The van der Waals surface area contributed by atoms with Crippen LogP contribution in [0.5, 0.6) is 0 Å². The third kappa shape index (κ3) is 6.03. The minimum absolute atomic E-state index is 0.520. The van der Waals surface area contributed by atoms with Crippen LogP contribution in [-0.4, -0.2) is 29.7 Å². The number of benzene rings is 1. The molecule has 0 aliphatic rings. The van der Waals surface area contributed by atoms with Crippen molar-refractivity contribution in [2.24, 2.45) is 5.73 Å². The van der Waals surface area contributed by atoms with Crippen molar-refractivity contribution in [3.63, 3.8) is 0 Å². The van der Waals surface area contributed by atoms with Crippen LogP contribution in [0.3, 0.4) is 0 Å². The summed E-state index contributed by atoms with van der Waals surface area (Å²) in [6, 6.07) is 6.29. The van der Waals surface area contributed by atoms with E-state index in [1.165, 1.54) is 0 Å². The zero-order chi connectivity index (χ0) is 16.9. The van der Waals surface area contributed by atoms with E-state index in [2.05, 4.69) is 10.6 Å². The average molecular weight is 307 g/mol. The van der Waals surface area contributed by atoms with Crippen molar-refractivity contribution >= 4 is 17.7 Å². The SMILES string of the molecule is Cc1ccc(NC(C(N)=O)C(C)NC(=O)OC(C)(C)C)cc1. The van der Waals surface area contributed by atoms with Gasteiger partial charge >= 0.3 is 6.09 Å². The highest BCUT2D eigenvalue weighted by Gasteiger charge is 2.26. The molecule has 1 aromatic rings. The molecule has 6 heteroatoms. The number of carbonyl (C=O) groups is 2. The van der Waals surface area contributed by atoms with E-state index in [4.69, 9.17) is 10.5 Å². The van der Waals surface area contributed by atoms with Gasteiger partial charge in [0.05, 0.1) is 6.04 Å². The molecule has 0 fully saturated rings. The van der Waals surface area contributed by atoms with Crippen molar-refractivity contribution in [2.45, 2.75) is 52.3 Å². The predicted octanol–water partition coefficient (Wildman–Crippen LogP) is 2.17. The molecule has 2 amide bonds. The number of hydrogen-bond acceptors (Lipinski definition) is 4. The summed E-state index contributed by atoms with van der Waals surface area (Å²) in [5, 5.41) is 5.65. The highest BCUT2D eigenvalue weighted by Crippen LogP contribution is 2.12. The molecule has 0 aliphatic carbocycles. The summed E-state index contributed by atoms with van der Waals surface area (Å²) < 4.78 is 5.17. The standard InChI is InChI=1S/C16H25N3O3/c1-10-6-8-12(9-7-10)19-13(14(17)20)11(2)18-15(21)22-16(3,4)5/h6-9,11,13,19H,1-5H3,(H2,17,20)(H,18,21). The van der Waals surface area contributed by atoms with Crippen molar-refractivity contribution in [2.75, 3.05) is 5.32 Å². The van der Waals surface area contributed by atoms with Gasteiger partial charge < -0.3 is 21.1 Å². The Bertz CT molecular complexity index is 520. The first kappa shape index (κ1) is 17.8. The van der Waals surface area contributed by atoms with Gasteiger partial charge in [0, 0.05) is 5.69 Å². The fourth-order valence-corrected chi connectivity index (χ4v) is 1.85. The van der Waals surface area contributed by atoms with Crippen LogP contribution in [0.25, 0.3) is 0 Å². The molecule has 0 aliphatic heterocycles. The summed E-state index contributed by atoms with van der Waals surface area (Å²) in [4.78, 5) is 23.4. The van der Waals surface area contributed by atoms with Crippen molar-refractivity contribution in [1.29, 1.82) is 0 Å². The Hall–Kier alpha value is -2.24. The molecule has 0 spiro atoms. The molecule has 0 aromatic heterocycles. The number of nitrogens with one attached hydrogen (secondary N) is 2. The number of ether oxygens (including phenoxy) is 1. The van der Waals surface area contributed by atoms with Gasteiger partial charge in [-0.2, -0.15) is 0 Å². The van der Waals surface area contributed by atoms with Crippen molar-refractivity contribution in [3.05, 3.63) is 29.8 Å². The molecule has 122 valence electrons. The molecule has 0 saturated carbocycles. The number of amides is 2. The molecule has 4 N–H and O–H groups in total. The Balaban J connectivity index is 2.71. The number of anilines is 1. The van der Waals surface area contributed by atoms with E-state index in [1.54, 1.807) is 27.7 Å². The molecule has 1 aromatic carbocycles. The highest BCUT2D eigenvalue weighted by atomic mass is 16.6. The third-order valence-electron chi connectivity index (χ3n) is 2.92. The van der Waals surface area contributed by atoms with E-state index in [0.717, 1.165) is 11.3 Å². The van der Waals surface area contributed by atoms with E-state index in [9.17, 15) is 9.59 Å². The van der Waals surface area contributed by atoms with Gasteiger partial charge in [-0.3, -0.25) is 4.79 Å². The maximum absolute atomic E-state index is 11.8. The summed E-state index contributed by atoms with van der Waals surface area (Å²) in [6.45, 7) is 8.98. The van der Waals surface area contributed by atoms with Gasteiger partial charge in [0.15, 0.2) is 0 Å². The lowest BCUT2D eigenvalue weighted by Gasteiger charge is -2.26. The number of rotatable bonds is 5. The summed E-state index contributed by atoms with van der Waals surface area (Å²) in [5.41, 5.74) is 6.69. The summed E-state index contributed by atoms with van der Waals surface area (Å²) >= 11 is 0. The van der Waals surface area contributed by atoms with Crippen molar-refractivity contribution in [3.8, 4) is 0 Å². The number of nitrogens with two attached hydrogens (primary N) is 1. The first-order valence-corrected chi connectivity index (χ1v) is 7.20. The summed E-state index contributed by atoms with van der Waals surface area (Å²) in [6.07, 6.45) is -0.586. The fraction of sp³-hybridized carbons (Fsp3) is 0.500. The van der Waals surface area contributed by atoms with E-state index in [-0.39, 0.29) is 0 Å². The van der Waals surface area contributed by atoms with Crippen LogP contribution in [0.15, 0.2) is 24.3 Å². The lowest BCUT2D eigenvalue weighted by molar-refractivity contribution is -0.119. The number of aryl methyl sites for hydroxylation is 1. The van der Waals surface area contributed by atoms with Crippen LogP contribution < -0.4 is 16.4 Å². The number of primary amides is 1. The molecule has 0 heterocycles. The Kier molecular flexibility index (Phi) is 5.79. The monoisotopic (exact) mass is 307 g/mol. The Morgan fingerprint density at radius 3 is 2.18 bits per heavy atom. The number of hydrogen-bond donors (Lipinski definition) is 3. The first-order valence-electron chi connectivity index (χ1n) is 7.20. The molecule has 2 atom stereocenters. The summed E-state index contributed by atoms with van der Waals surface area (Å²) in [5.74, 6) is -0.552. The van der Waals surface area contributed by atoms with Gasteiger partial charge in [0.2, 0.25) is 5.91 Å². The smallest absolute Gasteiger partial charge is 0.407 e. The average Bonchev–Trinajstić information content (AvgIpc) is 2.34. The fourth-order valence-electron chi connectivity index (χ4n) is 1.85. The van der Waals surface area contributed by atoms with Gasteiger partial charge in [0.1, 0.15) is 11.6 Å².